The summed E-state index contributed by atoms with van der Waals surface area (Å²) in [6.07, 6.45) is 1.46. The van der Waals surface area contributed by atoms with Gasteiger partial charge in [-0.2, -0.15) is 5.10 Å². The van der Waals surface area contributed by atoms with E-state index in [0.29, 0.717) is 29.3 Å². The van der Waals surface area contributed by atoms with E-state index >= 15 is 0 Å². The summed E-state index contributed by atoms with van der Waals surface area (Å²) >= 11 is 0. The van der Waals surface area contributed by atoms with E-state index in [1.807, 2.05) is 25.1 Å². The van der Waals surface area contributed by atoms with Gasteiger partial charge in [-0.25, -0.2) is 5.43 Å². The van der Waals surface area contributed by atoms with E-state index in [2.05, 4.69) is 10.5 Å². The highest BCUT2D eigenvalue weighted by atomic mass is 16.5. The normalized spacial score (nSPS) is 10.9. The van der Waals surface area contributed by atoms with E-state index < -0.39 is 11.8 Å². The number of hydrogen-bond acceptors (Lipinski definition) is 6. The molecule has 0 aliphatic carbocycles. The standard InChI is InChI=1S/C20H19N3O5/c1-2-26-17-9-13(7-8-16(17)27-12-19(21)24)11-22-23-20(25)18-10-14-5-3-4-6-15(14)28-18/h3-11H,2,12H2,1H3,(H2,21,24)(H,23,25)/b22-11-. The lowest BCUT2D eigenvalue weighted by molar-refractivity contribution is -0.119. The molecule has 3 rings (SSSR count). The lowest BCUT2D eigenvalue weighted by atomic mass is 10.2. The number of amides is 2. The molecule has 1 heterocycles. The molecule has 144 valence electrons. The Morgan fingerprint density at radius 2 is 1.96 bits per heavy atom. The number of hydrazone groups is 1. The van der Waals surface area contributed by atoms with Crippen LogP contribution < -0.4 is 20.6 Å². The van der Waals surface area contributed by atoms with Crippen molar-refractivity contribution in [2.45, 2.75) is 6.92 Å². The molecule has 0 aliphatic heterocycles. The van der Waals surface area contributed by atoms with Crippen LogP contribution >= 0.6 is 0 Å². The highest BCUT2D eigenvalue weighted by molar-refractivity contribution is 5.96. The Kier molecular flexibility index (Phi) is 5.91. The van der Waals surface area contributed by atoms with Crippen molar-refractivity contribution in [2.24, 2.45) is 10.8 Å². The minimum Gasteiger partial charge on any atom is -0.490 e. The number of ether oxygens (including phenoxy) is 2. The molecular formula is C20H19N3O5. The predicted molar refractivity (Wildman–Crippen MR) is 104 cm³/mol. The summed E-state index contributed by atoms with van der Waals surface area (Å²) in [5.74, 6) is -0.0377. The maximum atomic E-state index is 12.2. The van der Waals surface area contributed by atoms with Crippen molar-refractivity contribution in [1.82, 2.24) is 5.43 Å². The molecule has 0 spiro atoms. The summed E-state index contributed by atoms with van der Waals surface area (Å²) < 4.78 is 16.3. The van der Waals surface area contributed by atoms with E-state index in [-0.39, 0.29) is 12.4 Å². The lowest BCUT2D eigenvalue weighted by Crippen LogP contribution is -2.20. The van der Waals surface area contributed by atoms with Gasteiger partial charge in [-0.3, -0.25) is 9.59 Å². The van der Waals surface area contributed by atoms with E-state index in [0.717, 1.165) is 5.39 Å². The smallest absolute Gasteiger partial charge is 0.307 e. The zero-order chi connectivity index (χ0) is 19.9. The first kappa shape index (κ1) is 19.0. The number of carbonyl (C=O) groups is 2. The Morgan fingerprint density at radius 1 is 1.14 bits per heavy atom. The van der Waals surface area contributed by atoms with Gasteiger partial charge in [0.15, 0.2) is 23.9 Å². The van der Waals surface area contributed by atoms with Crippen molar-refractivity contribution in [3.63, 3.8) is 0 Å². The largest absolute Gasteiger partial charge is 0.490 e. The van der Waals surface area contributed by atoms with Crippen molar-refractivity contribution in [1.29, 1.82) is 0 Å². The summed E-state index contributed by atoms with van der Waals surface area (Å²) in [4.78, 5) is 23.0. The topological polar surface area (TPSA) is 116 Å². The number of hydrogen-bond donors (Lipinski definition) is 2. The second-order valence-corrected chi connectivity index (χ2v) is 5.74. The van der Waals surface area contributed by atoms with Crippen LogP contribution in [0, 0.1) is 0 Å². The van der Waals surface area contributed by atoms with Crippen molar-refractivity contribution in [2.75, 3.05) is 13.2 Å². The highest BCUT2D eigenvalue weighted by Crippen LogP contribution is 2.28. The lowest BCUT2D eigenvalue weighted by Gasteiger charge is -2.11. The van der Waals surface area contributed by atoms with Crippen LogP contribution in [0.1, 0.15) is 23.0 Å². The number of carbonyl (C=O) groups excluding carboxylic acids is 2. The second-order valence-electron chi connectivity index (χ2n) is 5.74. The van der Waals surface area contributed by atoms with Crippen molar-refractivity contribution < 1.29 is 23.5 Å². The van der Waals surface area contributed by atoms with Crippen LogP contribution in [0.15, 0.2) is 58.0 Å². The summed E-state index contributed by atoms with van der Waals surface area (Å²) in [5.41, 5.74) is 8.80. The summed E-state index contributed by atoms with van der Waals surface area (Å²) in [6, 6.07) is 14.0. The molecule has 0 unspecified atom stereocenters. The Hall–Kier alpha value is -3.81. The van der Waals surface area contributed by atoms with Crippen LogP contribution in [-0.2, 0) is 4.79 Å². The molecule has 8 heteroatoms. The maximum absolute atomic E-state index is 12.2. The van der Waals surface area contributed by atoms with Crippen LogP contribution in [0.4, 0.5) is 0 Å². The molecule has 0 aliphatic rings. The first-order chi connectivity index (χ1) is 13.6. The zero-order valence-electron chi connectivity index (χ0n) is 15.2. The molecule has 0 fully saturated rings. The molecule has 0 saturated heterocycles. The molecule has 2 amide bonds. The number of benzene rings is 2. The minimum absolute atomic E-state index is 0.170. The van der Waals surface area contributed by atoms with Gasteiger partial charge in [0, 0.05) is 5.39 Å². The third-order valence-corrected chi connectivity index (χ3v) is 3.67. The molecule has 0 radical (unpaired) electrons. The third kappa shape index (κ3) is 4.67. The van der Waals surface area contributed by atoms with E-state index in [9.17, 15) is 9.59 Å². The molecule has 3 aromatic rings. The van der Waals surface area contributed by atoms with E-state index in [1.165, 1.54) is 6.21 Å². The molecule has 3 N–H and O–H groups in total. The van der Waals surface area contributed by atoms with Gasteiger partial charge in [0.05, 0.1) is 12.8 Å². The number of para-hydroxylation sites is 1. The number of rotatable bonds is 8. The van der Waals surface area contributed by atoms with Crippen molar-refractivity contribution in [3.05, 3.63) is 59.9 Å². The average molecular weight is 381 g/mol. The number of fused-ring (bicyclic) bond motifs is 1. The number of nitrogens with two attached hydrogens (primary N) is 1. The molecule has 0 saturated carbocycles. The van der Waals surface area contributed by atoms with Crippen LogP contribution in [0.2, 0.25) is 0 Å². The Balaban J connectivity index is 1.68. The van der Waals surface area contributed by atoms with E-state index in [1.54, 1.807) is 30.3 Å². The molecule has 8 nitrogen and oxygen atoms in total. The van der Waals surface area contributed by atoms with Gasteiger partial charge < -0.3 is 19.6 Å². The third-order valence-electron chi connectivity index (χ3n) is 3.67. The Labute approximate surface area is 160 Å². The fourth-order valence-electron chi connectivity index (χ4n) is 2.46. The average Bonchev–Trinajstić information content (AvgIpc) is 3.12. The molecule has 0 atom stereocenters. The van der Waals surface area contributed by atoms with Gasteiger partial charge in [-0.15, -0.1) is 0 Å². The molecular weight excluding hydrogens is 362 g/mol. The monoisotopic (exact) mass is 381 g/mol. The van der Waals surface area contributed by atoms with E-state index in [4.69, 9.17) is 19.6 Å². The molecule has 0 bridgehead atoms. The Bertz CT molecular complexity index is 993. The summed E-state index contributed by atoms with van der Waals surface area (Å²) in [5, 5.41) is 4.78. The number of primary amides is 1. The SMILES string of the molecule is CCOc1cc(/C=N\NC(=O)c2cc3ccccc3o2)ccc1OCC(N)=O. The predicted octanol–water partition coefficient (Wildman–Crippen LogP) is 2.46. The highest BCUT2D eigenvalue weighted by Gasteiger charge is 2.11. The maximum Gasteiger partial charge on any atom is 0.307 e. The van der Waals surface area contributed by atoms with Crippen LogP contribution in [0.5, 0.6) is 11.5 Å². The number of nitrogens with zero attached hydrogens (tertiary/aromatic N) is 1. The molecule has 1 aromatic heterocycles. The fraction of sp³-hybridized carbons (Fsp3) is 0.150. The van der Waals surface area contributed by atoms with Gasteiger partial charge in [0.25, 0.3) is 5.91 Å². The minimum atomic E-state index is -0.582. The van der Waals surface area contributed by atoms with Gasteiger partial charge in [0.1, 0.15) is 5.58 Å². The van der Waals surface area contributed by atoms with Crippen LogP contribution in [0.25, 0.3) is 11.0 Å². The molecule has 2 aromatic carbocycles. The number of furan rings is 1. The number of nitrogens with one attached hydrogen (secondary N) is 1. The van der Waals surface area contributed by atoms with Crippen LogP contribution in [0.3, 0.4) is 0 Å². The van der Waals surface area contributed by atoms with Crippen molar-refractivity contribution >= 4 is 29.0 Å². The fourth-order valence-corrected chi connectivity index (χ4v) is 2.46. The summed E-state index contributed by atoms with van der Waals surface area (Å²) in [7, 11) is 0. The first-order valence-electron chi connectivity index (χ1n) is 8.56. The second kappa shape index (κ2) is 8.72. The van der Waals surface area contributed by atoms with Gasteiger partial charge in [0.2, 0.25) is 0 Å². The zero-order valence-corrected chi connectivity index (χ0v) is 15.2. The van der Waals surface area contributed by atoms with Gasteiger partial charge >= 0.3 is 5.91 Å². The van der Waals surface area contributed by atoms with Crippen molar-refractivity contribution in [3.8, 4) is 11.5 Å². The van der Waals surface area contributed by atoms with Crippen LogP contribution in [-0.4, -0.2) is 31.2 Å². The van der Waals surface area contributed by atoms with Gasteiger partial charge in [-0.05, 0) is 42.8 Å². The Morgan fingerprint density at radius 3 is 2.71 bits per heavy atom. The molecule has 28 heavy (non-hydrogen) atoms. The first-order valence-corrected chi connectivity index (χ1v) is 8.56. The summed E-state index contributed by atoms with van der Waals surface area (Å²) in [6.45, 7) is 1.99. The quantitative estimate of drug-likeness (QED) is 0.459. The van der Waals surface area contributed by atoms with Gasteiger partial charge in [-0.1, -0.05) is 18.2 Å².